The van der Waals surface area contributed by atoms with Crippen LogP contribution in [0.4, 0.5) is 0 Å². The minimum atomic E-state index is -0.592. The number of rotatable bonds is 2. The molecule has 1 atom stereocenters. The van der Waals surface area contributed by atoms with Crippen LogP contribution in [0.25, 0.3) is 10.9 Å². The first-order valence-corrected chi connectivity index (χ1v) is 6.55. The molecule has 6 heteroatoms. The van der Waals surface area contributed by atoms with Gasteiger partial charge in [-0.2, -0.15) is 0 Å². The zero-order valence-corrected chi connectivity index (χ0v) is 10.9. The molecule has 0 spiro atoms. The summed E-state index contributed by atoms with van der Waals surface area (Å²) in [6.45, 7) is 1.55. The summed E-state index contributed by atoms with van der Waals surface area (Å²) in [6, 6.07) is 6.79. The number of nitrogens with two attached hydrogens (primary N) is 1. The van der Waals surface area contributed by atoms with E-state index in [4.69, 9.17) is 5.73 Å². The fourth-order valence-electron chi connectivity index (χ4n) is 2.63. The van der Waals surface area contributed by atoms with Crippen LogP contribution < -0.4 is 11.1 Å². The van der Waals surface area contributed by atoms with E-state index >= 15 is 0 Å². The quantitative estimate of drug-likeness (QED) is 0.722. The van der Waals surface area contributed by atoms with Crippen molar-refractivity contribution in [3.63, 3.8) is 0 Å². The molecule has 1 unspecified atom stereocenters. The number of piperazine rings is 1. The molecule has 4 N–H and O–H groups in total. The number of benzene rings is 1. The molecule has 1 fully saturated rings. The van der Waals surface area contributed by atoms with Crippen molar-refractivity contribution < 1.29 is 9.59 Å². The first-order valence-electron chi connectivity index (χ1n) is 6.55. The van der Waals surface area contributed by atoms with E-state index in [0.717, 1.165) is 10.9 Å². The largest absolute Gasteiger partial charge is 0.368 e. The molecule has 6 nitrogen and oxygen atoms in total. The molecule has 1 aromatic heterocycles. The summed E-state index contributed by atoms with van der Waals surface area (Å²) in [7, 11) is 0. The third kappa shape index (κ3) is 2.04. The van der Waals surface area contributed by atoms with Crippen LogP contribution in [0.3, 0.4) is 0 Å². The number of nitrogens with one attached hydrogen (secondary N) is 2. The standard InChI is InChI=1S/C14H16N4O2/c15-13(19)12-8-16-6-7-18(12)14(20)10-2-1-3-11-9(10)4-5-17-11/h1-5,12,16-17H,6-8H2,(H2,15,19). The molecule has 20 heavy (non-hydrogen) atoms. The van der Waals surface area contributed by atoms with Gasteiger partial charge in [0, 0.05) is 42.3 Å². The van der Waals surface area contributed by atoms with E-state index in [1.807, 2.05) is 18.2 Å². The summed E-state index contributed by atoms with van der Waals surface area (Å²) < 4.78 is 0. The lowest BCUT2D eigenvalue weighted by atomic mass is 10.1. The predicted molar refractivity (Wildman–Crippen MR) is 75.2 cm³/mol. The maximum absolute atomic E-state index is 12.7. The molecular formula is C14H16N4O2. The van der Waals surface area contributed by atoms with E-state index in [0.29, 0.717) is 25.2 Å². The van der Waals surface area contributed by atoms with Gasteiger partial charge in [-0.15, -0.1) is 0 Å². The highest BCUT2D eigenvalue weighted by atomic mass is 16.2. The van der Waals surface area contributed by atoms with Crippen molar-refractivity contribution >= 4 is 22.7 Å². The second-order valence-electron chi connectivity index (χ2n) is 4.87. The van der Waals surface area contributed by atoms with E-state index < -0.39 is 11.9 Å². The molecule has 2 aromatic rings. The first kappa shape index (κ1) is 12.7. The summed E-state index contributed by atoms with van der Waals surface area (Å²) in [4.78, 5) is 28.8. The maximum Gasteiger partial charge on any atom is 0.255 e. The minimum Gasteiger partial charge on any atom is -0.368 e. The van der Waals surface area contributed by atoms with Gasteiger partial charge in [0.2, 0.25) is 5.91 Å². The van der Waals surface area contributed by atoms with Crippen LogP contribution in [0.5, 0.6) is 0 Å². The Balaban J connectivity index is 1.98. The van der Waals surface area contributed by atoms with Crippen molar-refractivity contribution in [1.29, 1.82) is 0 Å². The SMILES string of the molecule is NC(=O)C1CNCCN1C(=O)c1cccc2[nH]ccc12. The summed E-state index contributed by atoms with van der Waals surface area (Å²) in [5.74, 6) is -0.632. The fourth-order valence-corrected chi connectivity index (χ4v) is 2.63. The molecule has 3 rings (SSSR count). The van der Waals surface area contributed by atoms with Gasteiger partial charge in [-0.05, 0) is 18.2 Å². The maximum atomic E-state index is 12.7. The molecule has 0 aliphatic carbocycles. The zero-order chi connectivity index (χ0) is 14.1. The summed E-state index contributed by atoms with van der Waals surface area (Å²) in [6.07, 6.45) is 1.80. The number of primary amides is 1. The Morgan fingerprint density at radius 3 is 2.95 bits per heavy atom. The van der Waals surface area contributed by atoms with Crippen molar-refractivity contribution in [3.05, 3.63) is 36.0 Å². The number of carbonyl (C=O) groups is 2. The highest BCUT2D eigenvalue weighted by Crippen LogP contribution is 2.20. The molecule has 2 heterocycles. The van der Waals surface area contributed by atoms with Gasteiger partial charge in [-0.1, -0.05) is 6.07 Å². The lowest BCUT2D eigenvalue weighted by Gasteiger charge is -2.34. The third-order valence-electron chi connectivity index (χ3n) is 3.66. The molecule has 104 valence electrons. The van der Waals surface area contributed by atoms with Crippen molar-refractivity contribution in [1.82, 2.24) is 15.2 Å². The number of aromatic nitrogens is 1. The fraction of sp³-hybridized carbons (Fsp3) is 0.286. The topological polar surface area (TPSA) is 91.2 Å². The molecule has 1 saturated heterocycles. The lowest BCUT2D eigenvalue weighted by Crippen LogP contribution is -2.58. The molecule has 1 aliphatic rings. The number of hydrogen-bond acceptors (Lipinski definition) is 3. The van der Waals surface area contributed by atoms with Crippen molar-refractivity contribution in [3.8, 4) is 0 Å². The van der Waals surface area contributed by atoms with Gasteiger partial charge in [0.05, 0.1) is 0 Å². The van der Waals surface area contributed by atoms with E-state index in [1.54, 1.807) is 17.2 Å². The van der Waals surface area contributed by atoms with Crippen LogP contribution >= 0.6 is 0 Å². The van der Waals surface area contributed by atoms with Gasteiger partial charge < -0.3 is 20.9 Å². The number of nitrogens with zero attached hydrogens (tertiary/aromatic N) is 1. The Kier molecular flexibility index (Phi) is 3.15. The number of hydrogen-bond donors (Lipinski definition) is 3. The summed E-state index contributed by atoms with van der Waals surface area (Å²) >= 11 is 0. The van der Waals surface area contributed by atoms with Gasteiger partial charge in [-0.3, -0.25) is 9.59 Å². The summed E-state index contributed by atoms with van der Waals surface area (Å²) in [5.41, 5.74) is 6.89. The smallest absolute Gasteiger partial charge is 0.255 e. The average Bonchev–Trinajstić information content (AvgIpc) is 2.94. The van der Waals surface area contributed by atoms with E-state index in [-0.39, 0.29) is 5.91 Å². The molecule has 0 bridgehead atoms. The van der Waals surface area contributed by atoms with Crippen molar-refractivity contribution in [2.75, 3.05) is 19.6 Å². The van der Waals surface area contributed by atoms with E-state index in [1.165, 1.54) is 0 Å². The van der Waals surface area contributed by atoms with Crippen LogP contribution in [0.2, 0.25) is 0 Å². The van der Waals surface area contributed by atoms with Gasteiger partial charge in [-0.25, -0.2) is 0 Å². The monoisotopic (exact) mass is 272 g/mol. The van der Waals surface area contributed by atoms with Crippen LogP contribution in [-0.4, -0.2) is 47.4 Å². The van der Waals surface area contributed by atoms with Crippen LogP contribution in [0, 0.1) is 0 Å². The second kappa shape index (κ2) is 4.97. The molecule has 0 saturated carbocycles. The number of amides is 2. The van der Waals surface area contributed by atoms with Crippen LogP contribution in [-0.2, 0) is 4.79 Å². The Hall–Kier alpha value is -2.34. The summed E-state index contributed by atoms with van der Waals surface area (Å²) in [5, 5.41) is 3.94. The first-order chi connectivity index (χ1) is 9.68. The predicted octanol–water partition coefficient (Wildman–Crippen LogP) is 0.0672. The highest BCUT2D eigenvalue weighted by Gasteiger charge is 2.31. The van der Waals surface area contributed by atoms with Gasteiger partial charge in [0.1, 0.15) is 6.04 Å². The Bertz CT molecular complexity index is 664. The van der Waals surface area contributed by atoms with Crippen LogP contribution in [0.15, 0.2) is 30.5 Å². The Morgan fingerprint density at radius 1 is 1.30 bits per heavy atom. The van der Waals surface area contributed by atoms with Crippen molar-refractivity contribution in [2.45, 2.75) is 6.04 Å². The molecule has 2 amide bonds. The normalized spacial score (nSPS) is 19.2. The van der Waals surface area contributed by atoms with Gasteiger partial charge in [0.15, 0.2) is 0 Å². The molecule has 1 aliphatic heterocycles. The highest BCUT2D eigenvalue weighted by molar-refractivity contribution is 6.07. The minimum absolute atomic E-state index is 0.152. The van der Waals surface area contributed by atoms with Crippen LogP contribution in [0.1, 0.15) is 10.4 Å². The Labute approximate surface area is 115 Å². The number of H-pyrrole nitrogens is 1. The zero-order valence-electron chi connectivity index (χ0n) is 10.9. The van der Waals surface area contributed by atoms with Crippen molar-refractivity contribution in [2.24, 2.45) is 5.73 Å². The molecule has 1 aromatic carbocycles. The number of fused-ring (bicyclic) bond motifs is 1. The number of aromatic amines is 1. The molecule has 0 radical (unpaired) electrons. The number of carbonyl (C=O) groups excluding carboxylic acids is 2. The average molecular weight is 272 g/mol. The van der Waals surface area contributed by atoms with E-state index in [2.05, 4.69) is 10.3 Å². The van der Waals surface area contributed by atoms with Gasteiger partial charge in [0.25, 0.3) is 5.91 Å². The Morgan fingerprint density at radius 2 is 2.15 bits per heavy atom. The van der Waals surface area contributed by atoms with Gasteiger partial charge >= 0.3 is 0 Å². The lowest BCUT2D eigenvalue weighted by molar-refractivity contribution is -0.122. The third-order valence-corrected chi connectivity index (χ3v) is 3.66. The molecular weight excluding hydrogens is 256 g/mol. The second-order valence-corrected chi connectivity index (χ2v) is 4.87. The van der Waals surface area contributed by atoms with E-state index in [9.17, 15) is 9.59 Å².